The van der Waals surface area contributed by atoms with Crippen LogP contribution in [0.3, 0.4) is 0 Å². The second-order valence-corrected chi connectivity index (χ2v) is 7.76. The second-order valence-electron chi connectivity index (χ2n) is 4.50. The topological polar surface area (TPSA) is 29.9 Å². The molecule has 1 N–H and O–H groups in total. The number of aryl methyl sites for hydroxylation is 1. The average Bonchev–Trinajstić information content (AvgIpc) is 2.92. The highest BCUT2D eigenvalue weighted by molar-refractivity contribution is 9.13. The van der Waals surface area contributed by atoms with Crippen molar-refractivity contribution < 1.29 is 0 Å². The van der Waals surface area contributed by atoms with Gasteiger partial charge in [-0.15, -0.1) is 11.3 Å². The first-order valence-corrected chi connectivity index (χ1v) is 8.66. The Morgan fingerprint density at radius 2 is 2.26 bits per heavy atom. The van der Waals surface area contributed by atoms with Gasteiger partial charge >= 0.3 is 0 Å². The lowest BCUT2D eigenvalue weighted by Gasteiger charge is -2.16. The monoisotopic (exact) mass is 405 g/mol. The molecule has 1 unspecified atom stereocenters. The molecule has 19 heavy (non-hydrogen) atoms. The minimum Gasteiger partial charge on any atom is -0.309 e. The van der Waals surface area contributed by atoms with E-state index in [1.807, 2.05) is 17.9 Å². The van der Waals surface area contributed by atoms with E-state index in [0.29, 0.717) is 6.04 Å². The molecule has 1 atom stereocenters. The van der Waals surface area contributed by atoms with Crippen LogP contribution in [0.5, 0.6) is 0 Å². The van der Waals surface area contributed by atoms with Gasteiger partial charge in [0, 0.05) is 28.6 Å². The Morgan fingerprint density at radius 3 is 2.79 bits per heavy atom. The number of rotatable bonds is 6. The first kappa shape index (κ1) is 15.2. The molecule has 0 amide bonds. The highest BCUT2D eigenvalue weighted by Crippen LogP contribution is 2.36. The molecule has 2 aromatic heterocycles. The van der Waals surface area contributed by atoms with E-state index in [-0.39, 0.29) is 0 Å². The number of hydrogen-bond donors (Lipinski definition) is 1. The lowest BCUT2D eigenvalue weighted by Crippen LogP contribution is -2.23. The summed E-state index contributed by atoms with van der Waals surface area (Å²) in [4.78, 5) is 1.34. The molecule has 0 fully saturated rings. The van der Waals surface area contributed by atoms with Crippen LogP contribution in [0.1, 0.15) is 29.8 Å². The Balaban J connectivity index is 2.15. The van der Waals surface area contributed by atoms with Crippen molar-refractivity contribution in [3.8, 4) is 0 Å². The minimum absolute atomic E-state index is 0.344. The number of halogens is 2. The summed E-state index contributed by atoms with van der Waals surface area (Å²) < 4.78 is 4.13. The fourth-order valence-corrected chi connectivity index (χ4v) is 4.11. The van der Waals surface area contributed by atoms with Crippen molar-refractivity contribution >= 4 is 43.2 Å². The van der Waals surface area contributed by atoms with Gasteiger partial charge in [-0.1, -0.05) is 6.92 Å². The van der Waals surface area contributed by atoms with E-state index in [4.69, 9.17) is 0 Å². The zero-order valence-corrected chi connectivity index (χ0v) is 15.0. The molecule has 6 heteroatoms. The van der Waals surface area contributed by atoms with E-state index >= 15 is 0 Å². The van der Waals surface area contributed by atoms with Crippen LogP contribution in [0.25, 0.3) is 0 Å². The summed E-state index contributed by atoms with van der Waals surface area (Å²) in [5.41, 5.74) is 1.26. The first-order valence-electron chi connectivity index (χ1n) is 6.25. The van der Waals surface area contributed by atoms with Gasteiger partial charge in [0.1, 0.15) is 0 Å². The van der Waals surface area contributed by atoms with Crippen molar-refractivity contribution in [2.75, 3.05) is 6.54 Å². The fourth-order valence-electron chi connectivity index (χ4n) is 1.94. The predicted molar refractivity (Wildman–Crippen MR) is 87.7 cm³/mol. The van der Waals surface area contributed by atoms with Gasteiger partial charge in [0.15, 0.2) is 0 Å². The van der Waals surface area contributed by atoms with Gasteiger partial charge in [-0.3, -0.25) is 4.68 Å². The Kier molecular flexibility index (Phi) is 5.62. The molecule has 0 aliphatic carbocycles. The maximum absolute atomic E-state index is 4.24. The molecule has 2 rings (SSSR count). The SMILES string of the molecule is CCCNC(Cc1cnn(C)c1)c1cc(Br)c(Br)s1. The lowest BCUT2D eigenvalue weighted by atomic mass is 10.1. The molecule has 2 heterocycles. The number of nitrogens with one attached hydrogen (secondary N) is 1. The van der Waals surface area contributed by atoms with Crippen LogP contribution in [0.15, 0.2) is 26.7 Å². The molecule has 0 saturated heterocycles. The van der Waals surface area contributed by atoms with Crippen LogP contribution in [0.2, 0.25) is 0 Å². The molecular weight excluding hydrogens is 390 g/mol. The lowest BCUT2D eigenvalue weighted by molar-refractivity contribution is 0.536. The summed E-state index contributed by atoms with van der Waals surface area (Å²) in [6.07, 6.45) is 6.13. The maximum atomic E-state index is 4.24. The number of aromatic nitrogens is 2. The predicted octanol–water partition coefficient (Wildman–Crippen LogP) is 4.29. The molecule has 0 aromatic carbocycles. The van der Waals surface area contributed by atoms with Gasteiger partial charge in [0.05, 0.1) is 9.98 Å². The summed E-state index contributed by atoms with van der Waals surface area (Å²) in [5, 5.41) is 7.86. The number of thiophene rings is 1. The van der Waals surface area contributed by atoms with E-state index < -0.39 is 0 Å². The van der Waals surface area contributed by atoms with Crippen molar-refractivity contribution in [2.45, 2.75) is 25.8 Å². The van der Waals surface area contributed by atoms with Crippen molar-refractivity contribution in [3.63, 3.8) is 0 Å². The van der Waals surface area contributed by atoms with Crippen LogP contribution >= 0.6 is 43.2 Å². The maximum Gasteiger partial charge on any atom is 0.0843 e. The van der Waals surface area contributed by atoms with Gasteiger partial charge in [0.25, 0.3) is 0 Å². The van der Waals surface area contributed by atoms with Gasteiger partial charge in [-0.05, 0) is 62.9 Å². The summed E-state index contributed by atoms with van der Waals surface area (Å²) in [6.45, 7) is 3.21. The van der Waals surface area contributed by atoms with E-state index in [1.165, 1.54) is 10.4 Å². The van der Waals surface area contributed by atoms with Gasteiger partial charge in [-0.25, -0.2) is 0 Å². The largest absolute Gasteiger partial charge is 0.309 e. The third kappa shape index (κ3) is 4.15. The van der Waals surface area contributed by atoms with Crippen LogP contribution in [-0.2, 0) is 13.5 Å². The van der Waals surface area contributed by atoms with Gasteiger partial charge in [-0.2, -0.15) is 5.10 Å². The molecule has 2 aromatic rings. The van der Waals surface area contributed by atoms with E-state index in [9.17, 15) is 0 Å². The highest BCUT2D eigenvalue weighted by atomic mass is 79.9. The minimum atomic E-state index is 0.344. The summed E-state index contributed by atoms with van der Waals surface area (Å²) >= 11 is 8.91. The van der Waals surface area contributed by atoms with Crippen LogP contribution < -0.4 is 5.32 Å². The molecule has 104 valence electrons. The number of nitrogens with zero attached hydrogens (tertiary/aromatic N) is 2. The molecule has 0 bridgehead atoms. The zero-order valence-electron chi connectivity index (χ0n) is 11.0. The van der Waals surface area contributed by atoms with Crippen molar-refractivity contribution in [3.05, 3.63) is 37.2 Å². The van der Waals surface area contributed by atoms with Crippen molar-refractivity contribution in [1.82, 2.24) is 15.1 Å². The Morgan fingerprint density at radius 1 is 1.47 bits per heavy atom. The first-order chi connectivity index (χ1) is 9.10. The Labute approximate surface area is 134 Å². The number of hydrogen-bond acceptors (Lipinski definition) is 3. The van der Waals surface area contributed by atoms with E-state index in [2.05, 4.69) is 61.5 Å². The summed E-state index contributed by atoms with van der Waals surface area (Å²) in [7, 11) is 1.95. The summed E-state index contributed by atoms with van der Waals surface area (Å²) in [5.74, 6) is 0. The smallest absolute Gasteiger partial charge is 0.0843 e. The van der Waals surface area contributed by atoms with Crippen LogP contribution in [0, 0.1) is 0 Å². The zero-order chi connectivity index (χ0) is 13.8. The fraction of sp³-hybridized carbons (Fsp3) is 0.462. The normalized spacial score (nSPS) is 12.8. The third-order valence-electron chi connectivity index (χ3n) is 2.85. The molecular formula is C13H17Br2N3S. The summed E-state index contributed by atoms with van der Waals surface area (Å²) in [6, 6.07) is 2.54. The van der Waals surface area contributed by atoms with Crippen molar-refractivity contribution in [2.24, 2.45) is 7.05 Å². The van der Waals surface area contributed by atoms with Gasteiger partial charge < -0.3 is 5.32 Å². The molecule has 0 spiro atoms. The molecule has 0 aliphatic heterocycles. The Hall–Kier alpha value is -0.170. The van der Waals surface area contributed by atoms with Crippen molar-refractivity contribution in [1.29, 1.82) is 0 Å². The molecule has 0 radical (unpaired) electrons. The molecule has 0 saturated carbocycles. The van der Waals surface area contributed by atoms with Gasteiger partial charge in [0.2, 0.25) is 0 Å². The second kappa shape index (κ2) is 7.02. The highest BCUT2D eigenvalue weighted by Gasteiger charge is 2.16. The average molecular weight is 407 g/mol. The van der Waals surface area contributed by atoms with E-state index in [1.54, 1.807) is 11.3 Å². The van der Waals surface area contributed by atoms with Crippen LogP contribution in [-0.4, -0.2) is 16.3 Å². The quantitative estimate of drug-likeness (QED) is 0.775. The molecule has 0 aliphatic rings. The third-order valence-corrected chi connectivity index (χ3v) is 6.22. The standard InChI is InChI=1S/C13H17Br2N3S/c1-3-4-16-11(5-9-7-17-18(2)8-9)12-6-10(14)13(15)19-12/h6-8,11,16H,3-5H2,1-2H3. The van der Waals surface area contributed by atoms with E-state index in [0.717, 1.165) is 27.6 Å². The van der Waals surface area contributed by atoms with Crippen LogP contribution in [0.4, 0.5) is 0 Å². The molecule has 3 nitrogen and oxygen atoms in total. The Bertz CT molecular complexity index is 516.